The van der Waals surface area contributed by atoms with Crippen molar-refractivity contribution in [3.63, 3.8) is 0 Å². The molecule has 0 aliphatic carbocycles. The molecule has 65 valence electrons. The van der Waals surface area contributed by atoms with Gasteiger partial charge in [0.25, 0.3) is 0 Å². The third kappa shape index (κ3) is 1.61. The van der Waals surface area contributed by atoms with Crippen LogP contribution in [0.25, 0.3) is 11.3 Å². The number of hydrogen-bond donors (Lipinski definition) is 0. The van der Waals surface area contributed by atoms with E-state index in [4.69, 9.17) is 0 Å². The van der Waals surface area contributed by atoms with Crippen LogP contribution in [-0.4, -0.2) is 9.78 Å². The molecule has 0 fully saturated rings. The van der Waals surface area contributed by atoms with E-state index in [-0.39, 0.29) is 0 Å². The number of hydrogen-bond acceptors (Lipinski definition) is 1. The van der Waals surface area contributed by atoms with Gasteiger partial charge in [-0.2, -0.15) is 5.10 Å². The lowest BCUT2D eigenvalue weighted by molar-refractivity contribution is 0.771. The molecule has 1 aromatic carbocycles. The Hall–Kier alpha value is -1.57. The fourth-order valence-electron chi connectivity index (χ4n) is 1.24. The molecule has 0 unspecified atom stereocenters. The van der Waals surface area contributed by atoms with Crippen molar-refractivity contribution >= 4 is 0 Å². The summed E-state index contributed by atoms with van der Waals surface area (Å²) in [7, 11) is 1.92. The van der Waals surface area contributed by atoms with E-state index in [2.05, 4.69) is 12.0 Å². The highest BCUT2D eigenvalue weighted by Gasteiger charge is 1.98. The van der Waals surface area contributed by atoms with Gasteiger partial charge in [0.2, 0.25) is 0 Å². The van der Waals surface area contributed by atoms with Gasteiger partial charge in [0.1, 0.15) is 0 Å². The first-order valence-corrected chi connectivity index (χ1v) is 4.18. The predicted octanol–water partition coefficient (Wildman–Crippen LogP) is 2.27. The molecular formula is C11H11N2. The molecule has 0 N–H and O–H groups in total. The first-order valence-electron chi connectivity index (χ1n) is 4.18. The first-order chi connectivity index (χ1) is 6.25. The van der Waals surface area contributed by atoms with Crippen LogP contribution in [0.2, 0.25) is 0 Å². The summed E-state index contributed by atoms with van der Waals surface area (Å²) in [6, 6.07) is 10.0. The zero-order valence-electron chi connectivity index (χ0n) is 7.57. The summed E-state index contributed by atoms with van der Waals surface area (Å²) >= 11 is 0. The lowest BCUT2D eigenvalue weighted by Crippen LogP contribution is -1.87. The van der Waals surface area contributed by atoms with Crippen molar-refractivity contribution in [3.05, 3.63) is 49.0 Å². The topological polar surface area (TPSA) is 17.8 Å². The Morgan fingerprint density at radius 2 is 1.85 bits per heavy atom. The summed E-state index contributed by atoms with van der Waals surface area (Å²) < 4.78 is 1.80. The van der Waals surface area contributed by atoms with Crippen LogP contribution < -0.4 is 0 Å². The standard InChI is InChI=1S/C11H11N2/c1-9-3-5-10(6-4-9)11-7-8-13(2)12-11/h3-8H,1H2,2H3. The highest BCUT2D eigenvalue weighted by Crippen LogP contribution is 2.16. The first kappa shape index (κ1) is 8.05. The maximum Gasteiger partial charge on any atom is 0.0923 e. The molecule has 1 aromatic heterocycles. The molecule has 0 spiro atoms. The normalized spacial score (nSPS) is 10.3. The van der Waals surface area contributed by atoms with Gasteiger partial charge >= 0.3 is 0 Å². The monoisotopic (exact) mass is 171 g/mol. The van der Waals surface area contributed by atoms with E-state index in [1.807, 2.05) is 43.6 Å². The fraction of sp³-hybridized carbons (Fsp3) is 0.0909. The second-order valence-electron chi connectivity index (χ2n) is 3.07. The van der Waals surface area contributed by atoms with Crippen LogP contribution in [0, 0.1) is 6.92 Å². The van der Waals surface area contributed by atoms with E-state index >= 15 is 0 Å². The highest BCUT2D eigenvalue weighted by molar-refractivity contribution is 5.58. The van der Waals surface area contributed by atoms with Gasteiger partial charge in [-0.1, -0.05) is 24.3 Å². The second kappa shape index (κ2) is 3.05. The van der Waals surface area contributed by atoms with Crippen LogP contribution in [0.3, 0.4) is 0 Å². The summed E-state index contributed by atoms with van der Waals surface area (Å²) in [6.45, 7) is 3.83. The maximum absolute atomic E-state index is 4.31. The molecule has 1 radical (unpaired) electrons. The number of aryl methyl sites for hydroxylation is 1. The highest BCUT2D eigenvalue weighted by atomic mass is 15.2. The third-order valence-electron chi connectivity index (χ3n) is 1.96. The molecule has 2 aromatic rings. The van der Waals surface area contributed by atoms with Crippen LogP contribution in [-0.2, 0) is 7.05 Å². The number of aromatic nitrogens is 2. The molecule has 0 saturated carbocycles. The predicted molar refractivity (Wildman–Crippen MR) is 53.1 cm³/mol. The Kier molecular flexibility index (Phi) is 1.89. The van der Waals surface area contributed by atoms with Crippen LogP contribution in [0.1, 0.15) is 5.56 Å². The molecule has 0 amide bonds. The summed E-state index contributed by atoms with van der Waals surface area (Å²) in [5.41, 5.74) is 3.16. The molecule has 2 rings (SSSR count). The summed E-state index contributed by atoms with van der Waals surface area (Å²) in [5.74, 6) is 0. The molecule has 0 aliphatic rings. The van der Waals surface area contributed by atoms with Gasteiger partial charge in [-0.15, -0.1) is 0 Å². The van der Waals surface area contributed by atoms with Crippen LogP contribution in [0.4, 0.5) is 0 Å². The van der Waals surface area contributed by atoms with Crippen LogP contribution >= 0.6 is 0 Å². The number of rotatable bonds is 1. The molecule has 13 heavy (non-hydrogen) atoms. The molecule has 0 saturated heterocycles. The van der Waals surface area contributed by atoms with E-state index in [1.54, 1.807) is 4.68 Å². The Labute approximate surface area is 77.8 Å². The van der Waals surface area contributed by atoms with Crippen molar-refractivity contribution in [3.8, 4) is 11.3 Å². The molecule has 0 atom stereocenters. The zero-order chi connectivity index (χ0) is 9.26. The van der Waals surface area contributed by atoms with E-state index in [1.165, 1.54) is 0 Å². The summed E-state index contributed by atoms with van der Waals surface area (Å²) in [4.78, 5) is 0. The largest absolute Gasteiger partial charge is 0.275 e. The molecule has 0 aliphatic heterocycles. The maximum atomic E-state index is 4.31. The van der Waals surface area contributed by atoms with E-state index in [9.17, 15) is 0 Å². The van der Waals surface area contributed by atoms with Crippen LogP contribution in [0.15, 0.2) is 36.5 Å². The lowest BCUT2D eigenvalue weighted by Gasteiger charge is -1.96. The molecule has 2 heteroatoms. The number of benzene rings is 1. The van der Waals surface area contributed by atoms with Gasteiger partial charge in [0.15, 0.2) is 0 Å². The van der Waals surface area contributed by atoms with Crippen molar-refractivity contribution < 1.29 is 0 Å². The van der Waals surface area contributed by atoms with Gasteiger partial charge in [-0.3, -0.25) is 4.68 Å². The fourth-order valence-corrected chi connectivity index (χ4v) is 1.24. The Morgan fingerprint density at radius 1 is 1.15 bits per heavy atom. The van der Waals surface area contributed by atoms with E-state index < -0.39 is 0 Å². The molecular weight excluding hydrogens is 160 g/mol. The Bertz CT molecular complexity index is 398. The lowest BCUT2D eigenvalue weighted by atomic mass is 10.1. The van der Waals surface area contributed by atoms with Gasteiger partial charge in [-0.05, 0) is 18.6 Å². The Morgan fingerprint density at radius 3 is 2.38 bits per heavy atom. The van der Waals surface area contributed by atoms with Crippen molar-refractivity contribution in [2.24, 2.45) is 7.05 Å². The van der Waals surface area contributed by atoms with Crippen molar-refractivity contribution in [1.82, 2.24) is 9.78 Å². The van der Waals surface area contributed by atoms with Crippen molar-refractivity contribution in [2.45, 2.75) is 0 Å². The summed E-state index contributed by atoms with van der Waals surface area (Å²) in [6.07, 6.45) is 1.94. The molecule has 0 bridgehead atoms. The minimum absolute atomic E-state index is 1.00. The van der Waals surface area contributed by atoms with Crippen LogP contribution in [0.5, 0.6) is 0 Å². The van der Waals surface area contributed by atoms with E-state index in [0.29, 0.717) is 0 Å². The minimum atomic E-state index is 1.00. The van der Waals surface area contributed by atoms with Gasteiger partial charge < -0.3 is 0 Å². The van der Waals surface area contributed by atoms with Crippen molar-refractivity contribution in [2.75, 3.05) is 0 Å². The van der Waals surface area contributed by atoms with E-state index in [0.717, 1.165) is 16.8 Å². The van der Waals surface area contributed by atoms with Gasteiger partial charge in [0, 0.05) is 18.8 Å². The molecule has 2 nitrogen and oxygen atoms in total. The smallest absolute Gasteiger partial charge is 0.0923 e. The van der Waals surface area contributed by atoms with Gasteiger partial charge in [0.05, 0.1) is 5.69 Å². The quantitative estimate of drug-likeness (QED) is 0.643. The Balaban J connectivity index is 2.41. The second-order valence-corrected chi connectivity index (χ2v) is 3.07. The molecule has 1 heterocycles. The number of nitrogens with zero attached hydrogens (tertiary/aromatic N) is 2. The SMILES string of the molecule is [CH2]c1ccc(-c2ccn(C)n2)cc1. The van der Waals surface area contributed by atoms with Crippen molar-refractivity contribution in [1.29, 1.82) is 0 Å². The zero-order valence-corrected chi connectivity index (χ0v) is 7.57. The summed E-state index contributed by atoms with van der Waals surface area (Å²) in [5, 5.41) is 4.31. The minimum Gasteiger partial charge on any atom is -0.275 e. The average Bonchev–Trinajstić information content (AvgIpc) is 2.53. The van der Waals surface area contributed by atoms with Gasteiger partial charge in [-0.25, -0.2) is 0 Å². The average molecular weight is 171 g/mol. The third-order valence-corrected chi connectivity index (χ3v) is 1.96.